The van der Waals surface area contributed by atoms with Gasteiger partial charge in [-0.1, -0.05) is 108 Å². The first-order valence-corrected chi connectivity index (χ1v) is 12.2. The molecule has 5 rings (SSSR count). The third-order valence-electron chi connectivity index (χ3n) is 6.17. The normalized spacial score (nSPS) is 11.0. The van der Waals surface area contributed by atoms with Crippen LogP contribution in [0.15, 0.2) is 126 Å². The van der Waals surface area contributed by atoms with E-state index in [1.165, 1.54) is 22.3 Å². The van der Waals surface area contributed by atoms with Gasteiger partial charge in [-0.2, -0.15) is 0 Å². The van der Waals surface area contributed by atoms with Crippen molar-refractivity contribution < 1.29 is 9.26 Å². The predicted octanol–water partition coefficient (Wildman–Crippen LogP) is 7.61. The monoisotopic (exact) mass is 459 g/mol. The Morgan fingerprint density at radius 3 is 1.94 bits per heavy atom. The molecule has 1 aromatic heterocycles. The van der Waals surface area contributed by atoms with Crippen LogP contribution in [0.4, 0.5) is 0 Å². The highest BCUT2D eigenvalue weighted by Gasteiger charge is 2.21. The second-order valence-corrected chi connectivity index (χ2v) is 8.75. The molecule has 5 aromatic rings. The van der Waals surface area contributed by atoms with Gasteiger partial charge in [0.05, 0.1) is 11.6 Å². The topological polar surface area (TPSA) is 35.3 Å². The number of ether oxygens (including phenoxy) is 1. The minimum Gasteiger partial charge on any atom is -0.489 e. The average molecular weight is 460 g/mol. The minimum absolute atomic E-state index is 0.0390. The molecule has 0 radical (unpaired) electrons. The van der Waals surface area contributed by atoms with Gasteiger partial charge in [0.25, 0.3) is 0 Å². The number of hydrogen-bond donors (Lipinski definition) is 0. The number of aromatic nitrogens is 1. The Kier molecular flexibility index (Phi) is 7.35. The second-order valence-electron chi connectivity index (χ2n) is 8.75. The standard InChI is InChI=1S/C32H29NO2/c1-4-12-26(13-5-1)24-34-30-21-11-15-25(22-30)14-10-20-29-23-31(35-33-29)32(27-16-6-2-7-17-27)28-18-8-3-9-19-28/h1-9,11-13,15-19,21-23,32H,10,14,20,24H2. The Labute approximate surface area is 207 Å². The fourth-order valence-electron chi connectivity index (χ4n) is 4.40. The zero-order valence-electron chi connectivity index (χ0n) is 19.7. The van der Waals surface area contributed by atoms with E-state index in [2.05, 4.69) is 90.1 Å². The Morgan fingerprint density at radius 1 is 0.629 bits per heavy atom. The number of nitrogens with zero attached hydrogens (tertiary/aromatic N) is 1. The molecule has 0 spiro atoms. The molecular weight excluding hydrogens is 430 g/mol. The number of aryl methyl sites for hydroxylation is 2. The Morgan fingerprint density at radius 2 is 1.26 bits per heavy atom. The van der Waals surface area contributed by atoms with Crippen LogP contribution in [0.5, 0.6) is 5.75 Å². The quantitative estimate of drug-likeness (QED) is 0.216. The SMILES string of the molecule is c1ccc(COc2cccc(CCCc3cc(C(c4ccccc4)c4ccccc4)on3)c2)cc1. The van der Waals surface area contributed by atoms with E-state index in [0.717, 1.165) is 36.5 Å². The summed E-state index contributed by atoms with van der Waals surface area (Å²) in [4.78, 5) is 0. The van der Waals surface area contributed by atoms with Crippen LogP contribution in [-0.2, 0) is 19.4 Å². The fraction of sp³-hybridized carbons (Fsp3) is 0.156. The molecule has 35 heavy (non-hydrogen) atoms. The van der Waals surface area contributed by atoms with Crippen LogP contribution < -0.4 is 4.74 Å². The molecular formula is C32H29NO2. The second kappa shape index (κ2) is 11.3. The summed E-state index contributed by atoms with van der Waals surface area (Å²) in [5.41, 5.74) is 5.84. The number of rotatable bonds is 10. The molecule has 0 amide bonds. The molecule has 1 heterocycles. The van der Waals surface area contributed by atoms with Crippen LogP contribution in [0.1, 0.15) is 46.0 Å². The van der Waals surface area contributed by atoms with Crippen molar-refractivity contribution in [1.82, 2.24) is 5.16 Å². The van der Waals surface area contributed by atoms with Gasteiger partial charge in [-0.3, -0.25) is 0 Å². The maximum absolute atomic E-state index is 5.98. The van der Waals surface area contributed by atoms with E-state index in [1.54, 1.807) is 0 Å². The van der Waals surface area contributed by atoms with Gasteiger partial charge in [0.1, 0.15) is 18.1 Å². The summed E-state index contributed by atoms with van der Waals surface area (Å²) in [7, 11) is 0. The fourth-order valence-corrected chi connectivity index (χ4v) is 4.40. The molecule has 3 heteroatoms. The summed E-state index contributed by atoms with van der Waals surface area (Å²) in [6.07, 6.45) is 2.83. The maximum atomic E-state index is 5.98. The molecule has 0 saturated heterocycles. The van der Waals surface area contributed by atoms with E-state index < -0.39 is 0 Å². The molecule has 0 unspecified atom stereocenters. The molecule has 0 aliphatic heterocycles. The first kappa shape index (κ1) is 22.7. The van der Waals surface area contributed by atoms with Gasteiger partial charge >= 0.3 is 0 Å². The van der Waals surface area contributed by atoms with Gasteiger partial charge < -0.3 is 9.26 Å². The van der Waals surface area contributed by atoms with Crippen molar-refractivity contribution in [1.29, 1.82) is 0 Å². The lowest BCUT2D eigenvalue weighted by Crippen LogP contribution is -2.01. The Hall–Kier alpha value is -4.11. The third kappa shape index (κ3) is 6.07. The van der Waals surface area contributed by atoms with Crippen molar-refractivity contribution in [3.8, 4) is 5.75 Å². The van der Waals surface area contributed by atoms with Crippen LogP contribution in [0.25, 0.3) is 0 Å². The third-order valence-corrected chi connectivity index (χ3v) is 6.17. The minimum atomic E-state index is 0.0390. The van der Waals surface area contributed by atoms with Crippen molar-refractivity contribution in [2.45, 2.75) is 31.8 Å². The molecule has 0 aliphatic rings. The first-order valence-electron chi connectivity index (χ1n) is 12.2. The van der Waals surface area contributed by atoms with Crippen LogP contribution in [-0.4, -0.2) is 5.16 Å². The summed E-state index contributed by atoms with van der Waals surface area (Å²) < 4.78 is 11.8. The smallest absolute Gasteiger partial charge is 0.148 e. The molecule has 3 nitrogen and oxygen atoms in total. The molecule has 0 aliphatic carbocycles. The predicted molar refractivity (Wildman–Crippen MR) is 140 cm³/mol. The summed E-state index contributed by atoms with van der Waals surface area (Å²) in [5, 5.41) is 4.40. The Balaban J connectivity index is 1.21. The van der Waals surface area contributed by atoms with Crippen LogP contribution in [0.2, 0.25) is 0 Å². The summed E-state index contributed by atoms with van der Waals surface area (Å²) in [6.45, 7) is 0.579. The molecule has 0 fully saturated rings. The summed E-state index contributed by atoms with van der Waals surface area (Å²) >= 11 is 0. The summed E-state index contributed by atoms with van der Waals surface area (Å²) in [5.74, 6) is 1.83. The molecule has 174 valence electrons. The number of benzene rings is 4. The van der Waals surface area contributed by atoms with Crippen molar-refractivity contribution in [3.63, 3.8) is 0 Å². The van der Waals surface area contributed by atoms with Crippen molar-refractivity contribution >= 4 is 0 Å². The lowest BCUT2D eigenvalue weighted by atomic mass is 9.89. The highest BCUT2D eigenvalue weighted by Crippen LogP contribution is 2.32. The van der Waals surface area contributed by atoms with E-state index in [4.69, 9.17) is 9.26 Å². The molecule has 0 saturated carbocycles. The molecule has 0 bridgehead atoms. The zero-order valence-corrected chi connectivity index (χ0v) is 19.7. The van der Waals surface area contributed by atoms with E-state index in [0.29, 0.717) is 6.61 Å². The molecule has 0 N–H and O–H groups in total. The largest absolute Gasteiger partial charge is 0.489 e. The van der Waals surface area contributed by atoms with E-state index in [9.17, 15) is 0 Å². The van der Waals surface area contributed by atoms with Crippen LogP contribution >= 0.6 is 0 Å². The van der Waals surface area contributed by atoms with Crippen LogP contribution in [0.3, 0.4) is 0 Å². The van der Waals surface area contributed by atoms with E-state index >= 15 is 0 Å². The van der Waals surface area contributed by atoms with Gasteiger partial charge in [-0.25, -0.2) is 0 Å². The Bertz CT molecular complexity index is 1270. The lowest BCUT2D eigenvalue weighted by Gasteiger charge is -2.14. The highest BCUT2D eigenvalue weighted by molar-refractivity contribution is 5.39. The van der Waals surface area contributed by atoms with E-state index in [1.807, 2.05) is 36.4 Å². The van der Waals surface area contributed by atoms with Gasteiger partial charge in [0.2, 0.25) is 0 Å². The molecule has 4 aromatic carbocycles. The van der Waals surface area contributed by atoms with E-state index in [-0.39, 0.29) is 5.92 Å². The van der Waals surface area contributed by atoms with Crippen molar-refractivity contribution in [2.75, 3.05) is 0 Å². The van der Waals surface area contributed by atoms with Gasteiger partial charge in [0, 0.05) is 6.07 Å². The number of hydrogen-bond acceptors (Lipinski definition) is 3. The first-order chi connectivity index (χ1) is 17.3. The lowest BCUT2D eigenvalue weighted by molar-refractivity contribution is 0.306. The van der Waals surface area contributed by atoms with Gasteiger partial charge in [0.15, 0.2) is 0 Å². The molecule has 0 atom stereocenters. The highest BCUT2D eigenvalue weighted by atomic mass is 16.5. The average Bonchev–Trinajstić information content (AvgIpc) is 3.38. The van der Waals surface area contributed by atoms with Crippen LogP contribution in [0, 0.1) is 0 Å². The van der Waals surface area contributed by atoms with Gasteiger partial charge in [-0.05, 0) is 53.6 Å². The maximum Gasteiger partial charge on any atom is 0.148 e. The zero-order chi connectivity index (χ0) is 23.7. The van der Waals surface area contributed by atoms with Crippen molar-refractivity contribution in [2.24, 2.45) is 0 Å². The van der Waals surface area contributed by atoms with Crippen molar-refractivity contribution in [3.05, 3.63) is 155 Å². The summed E-state index contributed by atoms with van der Waals surface area (Å²) in [6, 6.07) is 41.7. The van der Waals surface area contributed by atoms with Gasteiger partial charge in [-0.15, -0.1) is 0 Å².